The smallest absolute Gasteiger partial charge is 0.119 e. The van der Waals surface area contributed by atoms with Gasteiger partial charge in [0.05, 0.1) is 6.10 Å². The SMILES string of the molecule is CC(O)Cc1ccc(OCC(O)CN2CCN(c3ccc4ccccc4c3)CC2)cc1. The van der Waals surface area contributed by atoms with Crippen LogP contribution in [-0.4, -0.2) is 66.7 Å². The van der Waals surface area contributed by atoms with Crippen LogP contribution in [-0.2, 0) is 6.42 Å². The van der Waals surface area contributed by atoms with E-state index in [4.69, 9.17) is 4.74 Å². The van der Waals surface area contributed by atoms with Gasteiger partial charge in [0, 0.05) is 38.4 Å². The normalized spacial score (nSPS) is 16.9. The fourth-order valence-corrected chi connectivity index (χ4v) is 4.17. The summed E-state index contributed by atoms with van der Waals surface area (Å²) in [4.78, 5) is 4.72. The predicted molar refractivity (Wildman–Crippen MR) is 126 cm³/mol. The first kappa shape index (κ1) is 21.6. The molecular formula is C26H32N2O3. The van der Waals surface area contributed by atoms with Gasteiger partial charge in [0.2, 0.25) is 0 Å². The van der Waals surface area contributed by atoms with Crippen LogP contribution >= 0.6 is 0 Å². The predicted octanol–water partition coefficient (Wildman–Crippen LogP) is 3.33. The van der Waals surface area contributed by atoms with Gasteiger partial charge < -0.3 is 19.8 Å². The van der Waals surface area contributed by atoms with Crippen molar-refractivity contribution < 1.29 is 14.9 Å². The molecule has 0 aromatic heterocycles. The molecule has 164 valence electrons. The Hall–Kier alpha value is -2.60. The Kier molecular flexibility index (Phi) is 7.07. The summed E-state index contributed by atoms with van der Waals surface area (Å²) in [6, 6.07) is 22.8. The van der Waals surface area contributed by atoms with Gasteiger partial charge in [0.15, 0.2) is 0 Å². The average Bonchev–Trinajstić information content (AvgIpc) is 2.78. The molecule has 2 unspecified atom stereocenters. The van der Waals surface area contributed by atoms with Crippen LogP contribution < -0.4 is 9.64 Å². The molecule has 1 saturated heterocycles. The molecule has 1 heterocycles. The lowest BCUT2D eigenvalue weighted by Gasteiger charge is -2.37. The molecule has 1 aliphatic heterocycles. The van der Waals surface area contributed by atoms with E-state index in [1.165, 1.54) is 16.5 Å². The second-order valence-electron chi connectivity index (χ2n) is 8.48. The number of aliphatic hydroxyl groups is 2. The van der Waals surface area contributed by atoms with Crippen molar-refractivity contribution in [2.75, 3.05) is 44.2 Å². The fraction of sp³-hybridized carbons (Fsp3) is 0.385. The summed E-state index contributed by atoms with van der Waals surface area (Å²) in [7, 11) is 0. The number of fused-ring (bicyclic) bond motifs is 1. The van der Waals surface area contributed by atoms with E-state index < -0.39 is 6.10 Å². The van der Waals surface area contributed by atoms with Gasteiger partial charge in [-0.3, -0.25) is 4.90 Å². The summed E-state index contributed by atoms with van der Waals surface area (Å²) < 4.78 is 5.75. The van der Waals surface area contributed by atoms with Crippen LogP contribution in [0.5, 0.6) is 5.75 Å². The van der Waals surface area contributed by atoms with Crippen molar-refractivity contribution in [1.29, 1.82) is 0 Å². The molecule has 1 aliphatic rings. The highest BCUT2D eigenvalue weighted by molar-refractivity contribution is 5.85. The summed E-state index contributed by atoms with van der Waals surface area (Å²) in [5.74, 6) is 0.745. The van der Waals surface area contributed by atoms with Crippen LogP contribution in [0.15, 0.2) is 66.7 Å². The Morgan fingerprint density at radius 1 is 0.871 bits per heavy atom. The standard InChI is InChI=1S/C26H32N2O3/c1-20(29)16-21-6-10-26(11-7-21)31-19-25(30)18-27-12-14-28(15-13-27)24-9-8-22-4-2-3-5-23(22)17-24/h2-11,17,20,25,29-30H,12-16,18-19H2,1H3. The second-order valence-corrected chi connectivity index (χ2v) is 8.48. The molecule has 0 aliphatic carbocycles. The van der Waals surface area contributed by atoms with Gasteiger partial charge in [-0.05, 0) is 53.9 Å². The highest BCUT2D eigenvalue weighted by Gasteiger charge is 2.20. The quantitative estimate of drug-likeness (QED) is 0.586. The Balaban J connectivity index is 1.22. The van der Waals surface area contributed by atoms with Crippen molar-refractivity contribution in [1.82, 2.24) is 4.90 Å². The monoisotopic (exact) mass is 420 g/mol. The van der Waals surface area contributed by atoms with Crippen molar-refractivity contribution in [3.63, 3.8) is 0 Å². The second kappa shape index (κ2) is 10.1. The molecule has 4 rings (SSSR count). The topological polar surface area (TPSA) is 56.2 Å². The molecular weight excluding hydrogens is 388 g/mol. The summed E-state index contributed by atoms with van der Waals surface area (Å²) in [5, 5.41) is 22.4. The summed E-state index contributed by atoms with van der Waals surface area (Å²) >= 11 is 0. The van der Waals surface area contributed by atoms with Gasteiger partial charge in [-0.25, -0.2) is 0 Å². The Morgan fingerprint density at radius 3 is 2.29 bits per heavy atom. The van der Waals surface area contributed by atoms with Crippen molar-refractivity contribution in [3.05, 3.63) is 72.3 Å². The zero-order valence-corrected chi connectivity index (χ0v) is 18.2. The van der Waals surface area contributed by atoms with Crippen LogP contribution in [0.25, 0.3) is 10.8 Å². The number of anilines is 1. The Bertz CT molecular complexity index is 966. The molecule has 3 aromatic rings. The number of β-amino-alcohol motifs (C(OH)–C–C–N with tert-alkyl or cyclic N) is 1. The third-order valence-corrected chi connectivity index (χ3v) is 5.84. The number of benzene rings is 3. The largest absolute Gasteiger partial charge is 0.491 e. The number of hydrogen-bond donors (Lipinski definition) is 2. The first-order valence-electron chi connectivity index (χ1n) is 11.1. The van der Waals surface area contributed by atoms with E-state index >= 15 is 0 Å². The number of rotatable bonds is 8. The highest BCUT2D eigenvalue weighted by atomic mass is 16.5. The molecule has 0 spiro atoms. The molecule has 0 amide bonds. The van der Waals surface area contributed by atoms with Crippen LogP contribution in [0.1, 0.15) is 12.5 Å². The van der Waals surface area contributed by atoms with Crippen molar-refractivity contribution in [2.45, 2.75) is 25.6 Å². The molecule has 5 heteroatoms. The molecule has 3 aromatic carbocycles. The zero-order valence-electron chi connectivity index (χ0n) is 18.2. The molecule has 31 heavy (non-hydrogen) atoms. The van der Waals surface area contributed by atoms with Gasteiger partial charge in [0.1, 0.15) is 18.5 Å². The van der Waals surface area contributed by atoms with Crippen LogP contribution in [0.4, 0.5) is 5.69 Å². The Morgan fingerprint density at radius 2 is 1.58 bits per heavy atom. The minimum absolute atomic E-state index is 0.278. The van der Waals surface area contributed by atoms with E-state index in [9.17, 15) is 10.2 Å². The summed E-state index contributed by atoms with van der Waals surface area (Å²) in [6.07, 6.45) is -0.242. The molecule has 2 N–H and O–H groups in total. The third kappa shape index (κ3) is 5.97. The molecule has 0 bridgehead atoms. The molecule has 5 nitrogen and oxygen atoms in total. The zero-order chi connectivity index (χ0) is 21.6. The first-order chi connectivity index (χ1) is 15.1. The fourth-order valence-electron chi connectivity index (χ4n) is 4.17. The van der Waals surface area contributed by atoms with Gasteiger partial charge in [-0.2, -0.15) is 0 Å². The number of nitrogens with zero attached hydrogens (tertiary/aromatic N) is 2. The molecule has 1 fully saturated rings. The lowest BCUT2D eigenvalue weighted by molar-refractivity contribution is 0.0663. The van der Waals surface area contributed by atoms with Crippen LogP contribution in [0.2, 0.25) is 0 Å². The minimum atomic E-state index is -0.524. The van der Waals surface area contributed by atoms with E-state index in [1.807, 2.05) is 24.3 Å². The average molecular weight is 421 g/mol. The maximum atomic E-state index is 10.4. The van der Waals surface area contributed by atoms with Crippen molar-refractivity contribution in [3.8, 4) is 5.75 Å². The van der Waals surface area contributed by atoms with Gasteiger partial charge in [-0.1, -0.05) is 42.5 Å². The van der Waals surface area contributed by atoms with Crippen molar-refractivity contribution in [2.24, 2.45) is 0 Å². The first-order valence-corrected chi connectivity index (χ1v) is 11.1. The maximum Gasteiger partial charge on any atom is 0.119 e. The number of piperazine rings is 1. The van der Waals surface area contributed by atoms with E-state index in [1.54, 1.807) is 6.92 Å². The van der Waals surface area contributed by atoms with Crippen molar-refractivity contribution >= 4 is 16.5 Å². The van der Waals surface area contributed by atoms with Gasteiger partial charge in [-0.15, -0.1) is 0 Å². The van der Waals surface area contributed by atoms with Gasteiger partial charge in [0.25, 0.3) is 0 Å². The molecule has 0 saturated carbocycles. The van der Waals surface area contributed by atoms with Crippen LogP contribution in [0, 0.1) is 0 Å². The summed E-state index contributed by atoms with van der Waals surface area (Å²) in [6.45, 7) is 6.44. The van der Waals surface area contributed by atoms with Crippen LogP contribution in [0.3, 0.4) is 0 Å². The minimum Gasteiger partial charge on any atom is -0.491 e. The van der Waals surface area contributed by atoms with E-state index in [-0.39, 0.29) is 12.7 Å². The van der Waals surface area contributed by atoms with E-state index in [2.05, 4.69) is 52.3 Å². The van der Waals surface area contributed by atoms with Gasteiger partial charge >= 0.3 is 0 Å². The van der Waals surface area contributed by atoms with E-state index in [0.29, 0.717) is 13.0 Å². The third-order valence-electron chi connectivity index (χ3n) is 5.84. The lowest BCUT2D eigenvalue weighted by atomic mass is 10.1. The molecule has 0 radical (unpaired) electrons. The maximum absolute atomic E-state index is 10.4. The molecule has 2 atom stereocenters. The number of hydrogen-bond acceptors (Lipinski definition) is 5. The Labute approximate surface area is 184 Å². The highest BCUT2D eigenvalue weighted by Crippen LogP contribution is 2.23. The summed E-state index contributed by atoms with van der Waals surface area (Å²) in [5.41, 5.74) is 2.34. The number of aliphatic hydroxyl groups excluding tert-OH is 2. The van der Waals surface area contributed by atoms with E-state index in [0.717, 1.165) is 37.5 Å². The number of ether oxygens (including phenoxy) is 1. The lowest BCUT2D eigenvalue weighted by Crippen LogP contribution is -2.49.